The number of thiocarbonyl (C=S) groups is 1. The minimum Gasteiger partial charge on any atom is -0.308 e. The molecule has 0 saturated carbocycles. The summed E-state index contributed by atoms with van der Waals surface area (Å²) in [5.74, 6) is -0.231. The molecule has 0 bridgehead atoms. The number of amides is 1. The maximum atomic E-state index is 12.6. The SMILES string of the molecule is CC(C)(C)c1ccc(C(=O)NC(=S)Nc2nc3c(cc4c5c(cccc53)CC4)s2)cc1. The minimum atomic E-state index is -0.231. The van der Waals surface area contributed by atoms with Crippen LogP contribution in [-0.2, 0) is 18.3 Å². The third kappa shape index (κ3) is 3.70. The van der Waals surface area contributed by atoms with Gasteiger partial charge in [-0.25, -0.2) is 4.98 Å². The van der Waals surface area contributed by atoms with Gasteiger partial charge in [0.15, 0.2) is 10.2 Å². The third-order valence-corrected chi connectivity index (χ3v) is 6.93. The fraction of sp³-hybridized carbons (Fsp3) is 0.240. The van der Waals surface area contributed by atoms with E-state index in [0.29, 0.717) is 10.7 Å². The molecule has 4 nitrogen and oxygen atoms in total. The molecule has 1 aliphatic carbocycles. The van der Waals surface area contributed by atoms with Gasteiger partial charge in [0, 0.05) is 10.9 Å². The Balaban J connectivity index is 1.34. The predicted molar refractivity (Wildman–Crippen MR) is 133 cm³/mol. The van der Waals surface area contributed by atoms with Crippen molar-refractivity contribution in [2.24, 2.45) is 0 Å². The number of carbonyl (C=O) groups is 1. The number of aryl methyl sites for hydroxylation is 2. The molecule has 1 aromatic heterocycles. The average molecular weight is 446 g/mol. The molecule has 0 atom stereocenters. The summed E-state index contributed by atoms with van der Waals surface area (Å²) in [5.41, 5.74) is 5.58. The number of benzene rings is 3. The average Bonchev–Trinajstić information content (AvgIpc) is 3.32. The van der Waals surface area contributed by atoms with Crippen molar-refractivity contribution in [1.29, 1.82) is 0 Å². The molecule has 31 heavy (non-hydrogen) atoms. The molecule has 0 radical (unpaired) electrons. The monoisotopic (exact) mass is 445 g/mol. The van der Waals surface area contributed by atoms with Crippen LogP contribution in [0.15, 0.2) is 48.5 Å². The van der Waals surface area contributed by atoms with E-state index in [2.05, 4.69) is 55.7 Å². The first kappa shape index (κ1) is 20.1. The predicted octanol–water partition coefficient (Wildman–Crippen LogP) is 5.97. The number of hydrogen-bond donors (Lipinski definition) is 2. The maximum Gasteiger partial charge on any atom is 0.257 e. The van der Waals surface area contributed by atoms with Gasteiger partial charge >= 0.3 is 0 Å². The molecular weight excluding hydrogens is 422 g/mol. The Morgan fingerprint density at radius 1 is 1.06 bits per heavy atom. The van der Waals surface area contributed by atoms with Crippen LogP contribution in [0.5, 0.6) is 0 Å². The van der Waals surface area contributed by atoms with Crippen LogP contribution in [0.4, 0.5) is 5.13 Å². The van der Waals surface area contributed by atoms with Crippen molar-refractivity contribution in [1.82, 2.24) is 10.3 Å². The van der Waals surface area contributed by atoms with Crippen molar-refractivity contribution in [2.75, 3.05) is 5.32 Å². The highest BCUT2D eigenvalue weighted by Gasteiger charge is 2.19. The number of anilines is 1. The van der Waals surface area contributed by atoms with Gasteiger partial charge in [-0.15, -0.1) is 0 Å². The molecule has 6 heteroatoms. The summed E-state index contributed by atoms with van der Waals surface area (Å²) in [6.45, 7) is 6.44. The van der Waals surface area contributed by atoms with Crippen LogP contribution in [0.1, 0.15) is 47.8 Å². The zero-order chi connectivity index (χ0) is 21.8. The topological polar surface area (TPSA) is 54.0 Å². The number of carbonyl (C=O) groups excluding carboxylic acids is 1. The Hall–Kier alpha value is -2.83. The van der Waals surface area contributed by atoms with Crippen molar-refractivity contribution in [3.05, 3.63) is 70.8 Å². The zero-order valence-corrected chi connectivity index (χ0v) is 19.3. The van der Waals surface area contributed by atoms with Gasteiger partial charge in [-0.1, -0.05) is 62.4 Å². The van der Waals surface area contributed by atoms with Crippen LogP contribution < -0.4 is 10.6 Å². The van der Waals surface area contributed by atoms with Gasteiger partial charge in [-0.2, -0.15) is 0 Å². The lowest BCUT2D eigenvalue weighted by Crippen LogP contribution is -2.34. The first-order valence-electron chi connectivity index (χ1n) is 10.4. The number of hydrogen-bond acceptors (Lipinski definition) is 4. The number of fused-ring (bicyclic) bond motifs is 2. The molecule has 0 unspecified atom stereocenters. The molecule has 4 aromatic rings. The third-order valence-electron chi connectivity index (χ3n) is 5.81. The standard InChI is InChI=1S/C25H23N3OS2/c1-25(2,3)17-11-9-15(10-12-17)22(29)27-23(30)28-24-26-21-18-6-4-5-14-7-8-16(20(14)18)13-19(21)31-24/h4-6,9-13H,7-8H2,1-3H3,(H2,26,27,28,29,30). The largest absolute Gasteiger partial charge is 0.308 e. The molecule has 3 aromatic carbocycles. The van der Waals surface area contributed by atoms with Crippen molar-refractivity contribution in [3.8, 4) is 0 Å². The highest BCUT2D eigenvalue weighted by atomic mass is 32.1. The van der Waals surface area contributed by atoms with Crippen LogP contribution in [-0.4, -0.2) is 16.0 Å². The number of thiazole rings is 1. The fourth-order valence-electron chi connectivity index (χ4n) is 4.18. The van der Waals surface area contributed by atoms with Gasteiger partial charge in [0.2, 0.25) is 0 Å². The highest BCUT2D eigenvalue weighted by molar-refractivity contribution is 7.80. The Labute approximate surface area is 190 Å². The van der Waals surface area contributed by atoms with Gasteiger partial charge in [-0.05, 0) is 70.8 Å². The van der Waals surface area contributed by atoms with E-state index >= 15 is 0 Å². The smallest absolute Gasteiger partial charge is 0.257 e. The highest BCUT2D eigenvalue weighted by Crippen LogP contribution is 2.39. The molecule has 0 saturated heterocycles. The molecule has 5 rings (SSSR count). The molecular formula is C25H23N3OS2. The molecule has 1 aliphatic rings. The molecule has 0 spiro atoms. The van der Waals surface area contributed by atoms with Crippen LogP contribution in [0.3, 0.4) is 0 Å². The summed E-state index contributed by atoms with van der Waals surface area (Å²) in [6.07, 6.45) is 2.18. The minimum absolute atomic E-state index is 0.0456. The summed E-state index contributed by atoms with van der Waals surface area (Å²) in [6, 6.07) is 16.3. The number of rotatable bonds is 2. The normalized spacial score (nSPS) is 13.0. The summed E-state index contributed by atoms with van der Waals surface area (Å²) >= 11 is 6.94. The summed E-state index contributed by atoms with van der Waals surface area (Å²) in [5, 5.41) is 9.34. The first-order valence-corrected chi connectivity index (χ1v) is 11.6. The van der Waals surface area contributed by atoms with Gasteiger partial charge in [0.25, 0.3) is 5.91 Å². The van der Waals surface area contributed by atoms with E-state index in [4.69, 9.17) is 17.2 Å². The lowest BCUT2D eigenvalue weighted by atomic mass is 9.87. The first-order chi connectivity index (χ1) is 14.8. The van der Waals surface area contributed by atoms with Crippen molar-refractivity contribution >= 4 is 60.7 Å². The Morgan fingerprint density at radius 3 is 2.55 bits per heavy atom. The van der Waals surface area contributed by atoms with Crippen LogP contribution in [0, 0.1) is 0 Å². The van der Waals surface area contributed by atoms with E-state index in [1.165, 1.54) is 27.5 Å². The van der Waals surface area contributed by atoms with Crippen LogP contribution >= 0.6 is 23.6 Å². The van der Waals surface area contributed by atoms with Gasteiger partial charge in [0.05, 0.1) is 10.2 Å². The second-order valence-electron chi connectivity index (χ2n) is 8.98. The molecule has 1 amide bonds. The molecule has 1 heterocycles. The van der Waals surface area contributed by atoms with Gasteiger partial charge < -0.3 is 5.32 Å². The lowest BCUT2D eigenvalue weighted by Gasteiger charge is -2.19. The Morgan fingerprint density at radius 2 is 1.81 bits per heavy atom. The number of nitrogens with one attached hydrogen (secondary N) is 2. The molecule has 0 aliphatic heterocycles. The second-order valence-corrected chi connectivity index (χ2v) is 10.4. The van der Waals surface area contributed by atoms with E-state index < -0.39 is 0 Å². The Kier molecular flexibility index (Phi) is 4.79. The zero-order valence-electron chi connectivity index (χ0n) is 17.7. The fourth-order valence-corrected chi connectivity index (χ4v) is 5.39. The maximum absolute atomic E-state index is 12.6. The Bertz CT molecular complexity index is 1350. The lowest BCUT2D eigenvalue weighted by molar-refractivity contribution is 0.0977. The quantitative estimate of drug-likeness (QED) is 0.373. The molecule has 2 N–H and O–H groups in total. The van der Waals surface area contributed by atoms with Crippen molar-refractivity contribution in [3.63, 3.8) is 0 Å². The van der Waals surface area contributed by atoms with E-state index in [0.717, 1.165) is 23.1 Å². The molecule has 156 valence electrons. The summed E-state index contributed by atoms with van der Waals surface area (Å²) < 4.78 is 1.14. The van der Waals surface area contributed by atoms with Crippen molar-refractivity contribution in [2.45, 2.75) is 39.0 Å². The van der Waals surface area contributed by atoms with Crippen molar-refractivity contribution < 1.29 is 4.79 Å². The van der Waals surface area contributed by atoms with E-state index in [1.807, 2.05) is 24.3 Å². The second kappa shape index (κ2) is 7.39. The number of aromatic nitrogens is 1. The number of nitrogens with zero attached hydrogens (tertiary/aromatic N) is 1. The van der Waals surface area contributed by atoms with Crippen LogP contribution in [0.2, 0.25) is 0 Å². The summed E-state index contributed by atoms with van der Waals surface area (Å²) in [7, 11) is 0. The van der Waals surface area contributed by atoms with E-state index in [9.17, 15) is 4.79 Å². The van der Waals surface area contributed by atoms with Gasteiger partial charge in [-0.3, -0.25) is 10.1 Å². The van der Waals surface area contributed by atoms with Gasteiger partial charge in [0.1, 0.15) is 0 Å². The van der Waals surface area contributed by atoms with E-state index in [-0.39, 0.29) is 16.4 Å². The summed E-state index contributed by atoms with van der Waals surface area (Å²) in [4.78, 5) is 17.4. The van der Waals surface area contributed by atoms with Crippen LogP contribution in [0.25, 0.3) is 21.0 Å². The van der Waals surface area contributed by atoms with E-state index in [1.54, 1.807) is 11.3 Å². The molecule has 0 fully saturated rings.